The lowest BCUT2D eigenvalue weighted by molar-refractivity contribution is -0.145. The normalized spacial score (nSPS) is 10.8. The Labute approximate surface area is 198 Å². The average molecular weight is 458 g/mol. The molecule has 0 radical (unpaired) electrons. The van der Waals surface area contributed by atoms with Crippen LogP contribution in [0.25, 0.3) is 22.0 Å². The van der Waals surface area contributed by atoms with Gasteiger partial charge in [-0.25, -0.2) is 0 Å². The van der Waals surface area contributed by atoms with Crippen LogP contribution in [0.4, 0.5) is 0 Å². The summed E-state index contributed by atoms with van der Waals surface area (Å²) in [6, 6.07) is 22.5. The number of pyridine rings is 1. The number of methoxy groups -OCH3 is 2. The first-order valence-electron chi connectivity index (χ1n) is 11.1. The van der Waals surface area contributed by atoms with Gasteiger partial charge in [0.2, 0.25) is 0 Å². The maximum Gasteiger partial charge on any atom is 0.307 e. The number of benzene rings is 3. The van der Waals surface area contributed by atoms with Crippen LogP contribution < -0.4 is 15.0 Å². The average Bonchev–Trinajstić information content (AvgIpc) is 2.87. The number of carbonyl (C=O) groups excluding carboxylic acids is 1. The second kappa shape index (κ2) is 10.3. The summed E-state index contributed by atoms with van der Waals surface area (Å²) in [6.45, 7) is 2.37. The van der Waals surface area contributed by atoms with Gasteiger partial charge in [0.25, 0.3) is 5.56 Å². The highest BCUT2D eigenvalue weighted by Crippen LogP contribution is 2.28. The zero-order valence-electron chi connectivity index (χ0n) is 19.5. The van der Waals surface area contributed by atoms with Crippen LogP contribution in [0, 0.1) is 6.92 Å². The van der Waals surface area contributed by atoms with Gasteiger partial charge in [-0.2, -0.15) is 0 Å². The van der Waals surface area contributed by atoms with Crippen LogP contribution in [-0.4, -0.2) is 24.8 Å². The lowest BCUT2D eigenvalue weighted by atomic mass is 10.0. The summed E-state index contributed by atoms with van der Waals surface area (Å²) in [5, 5.41) is 0.920. The third-order valence-corrected chi connectivity index (χ3v) is 5.81. The van der Waals surface area contributed by atoms with Gasteiger partial charge in [-0.15, -0.1) is 0 Å². The van der Waals surface area contributed by atoms with Crippen LogP contribution in [0.15, 0.2) is 77.6 Å². The minimum atomic E-state index is -0.363. The minimum Gasteiger partial charge on any atom is -0.497 e. The smallest absolute Gasteiger partial charge is 0.307 e. The van der Waals surface area contributed by atoms with Gasteiger partial charge < -0.3 is 18.8 Å². The second-order valence-corrected chi connectivity index (χ2v) is 8.02. The highest BCUT2D eigenvalue weighted by atomic mass is 16.5. The molecule has 0 bridgehead atoms. The summed E-state index contributed by atoms with van der Waals surface area (Å²) in [5.41, 5.74) is 3.77. The third-order valence-electron chi connectivity index (χ3n) is 5.81. The first-order chi connectivity index (χ1) is 16.5. The van der Waals surface area contributed by atoms with Crippen molar-refractivity contribution < 1.29 is 19.0 Å². The van der Waals surface area contributed by atoms with Crippen molar-refractivity contribution in [1.82, 2.24) is 4.57 Å². The number of aromatic nitrogens is 1. The van der Waals surface area contributed by atoms with Crippen molar-refractivity contribution in [3.63, 3.8) is 0 Å². The van der Waals surface area contributed by atoms with Crippen molar-refractivity contribution in [3.05, 3.63) is 94.3 Å². The second-order valence-electron chi connectivity index (χ2n) is 8.02. The number of rotatable bonds is 8. The van der Waals surface area contributed by atoms with E-state index in [1.165, 1.54) is 0 Å². The molecule has 4 rings (SSSR count). The SMILES string of the molecule is COc1ccc(-c2cc3c(C)cc(OC)cc3n(CCC(=O)OCc3ccccc3)c2=O)cc1. The van der Waals surface area contributed by atoms with Crippen molar-refractivity contribution in [3.8, 4) is 22.6 Å². The Balaban J connectivity index is 1.69. The summed E-state index contributed by atoms with van der Waals surface area (Å²) in [4.78, 5) is 26.1. The number of esters is 1. The van der Waals surface area contributed by atoms with Crippen LogP contribution in [0.3, 0.4) is 0 Å². The Morgan fingerprint density at radius 1 is 0.882 bits per heavy atom. The Hall–Kier alpha value is -4.06. The highest BCUT2D eigenvalue weighted by molar-refractivity contribution is 5.88. The van der Waals surface area contributed by atoms with Crippen LogP contribution in [-0.2, 0) is 22.7 Å². The molecule has 6 heteroatoms. The standard InChI is InChI=1S/C28H27NO5/c1-19-15-23(33-3)16-26-24(19)17-25(21-9-11-22(32-2)12-10-21)28(31)29(26)14-13-27(30)34-18-20-7-5-4-6-8-20/h4-12,15-17H,13-14,18H2,1-3H3. The molecular weight excluding hydrogens is 430 g/mol. The number of hydrogen-bond acceptors (Lipinski definition) is 5. The zero-order valence-corrected chi connectivity index (χ0v) is 19.5. The predicted molar refractivity (Wildman–Crippen MR) is 132 cm³/mol. The summed E-state index contributed by atoms with van der Waals surface area (Å²) >= 11 is 0. The molecule has 1 aromatic heterocycles. The van der Waals surface area contributed by atoms with Crippen LogP contribution in [0.2, 0.25) is 0 Å². The van der Waals surface area contributed by atoms with Gasteiger partial charge in [0.15, 0.2) is 0 Å². The van der Waals surface area contributed by atoms with Gasteiger partial charge in [-0.1, -0.05) is 42.5 Å². The molecule has 4 aromatic rings. The minimum absolute atomic E-state index is 0.0736. The van der Waals surface area contributed by atoms with E-state index in [0.717, 1.165) is 27.6 Å². The fraction of sp³-hybridized carbons (Fsp3) is 0.214. The lowest BCUT2D eigenvalue weighted by Crippen LogP contribution is -2.24. The Kier molecular flexibility index (Phi) is 6.97. The Morgan fingerprint density at radius 2 is 1.59 bits per heavy atom. The number of carbonyl (C=O) groups is 1. The molecule has 0 aliphatic heterocycles. The van der Waals surface area contributed by atoms with Gasteiger partial charge in [-0.3, -0.25) is 9.59 Å². The van der Waals surface area contributed by atoms with E-state index < -0.39 is 0 Å². The van der Waals surface area contributed by atoms with Crippen molar-refractivity contribution in [2.24, 2.45) is 0 Å². The summed E-state index contributed by atoms with van der Waals surface area (Å²) < 4.78 is 17.7. The van der Waals surface area contributed by atoms with Crippen molar-refractivity contribution >= 4 is 16.9 Å². The molecule has 0 spiro atoms. The van der Waals surface area contributed by atoms with Crippen LogP contribution >= 0.6 is 0 Å². The van der Waals surface area contributed by atoms with E-state index in [0.29, 0.717) is 17.1 Å². The number of aryl methyl sites for hydroxylation is 2. The molecule has 0 atom stereocenters. The Bertz CT molecular complexity index is 1360. The molecule has 0 amide bonds. The van der Waals surface area contributed by atoms with E-state index in [2.05, 4.69) is 0 Å². The fourth-order valence-corrected chi connectivity index (χ4v) is 3.95. The van der Waals surface area contributed by atoms with Gasteiger partial charge >= 0.3 is 5.97 Å². The predicted octanol–water partition coefficient (Wildman–Crippen LogP) is 5.13. The summed E-state index contributed by atoms with van der Waals surface area (Å²) in [7, 11) is 3.20. The van der Waals surface area contributed by atoms with Crippen molar-refractivity contribution in [2.45, 2.75) is 26.5 Å². The van der Waals surface area contributed by atoms with E-state index in [-0.39, 0.29) is 31.1 Å². The molecule has 0 aliphatic carbocycles. The molecule has 6 nitrogen and oxygen atoms in total. The van der Waals surface area contributed by atoms with E-state index in [9.17, 15) is 9.59 Å². The van der Waals surface area contributed by atoms with Gasteiger partial charge in [-0.05, 0) is 47.9 Å². The Morgan fingerprint density at radius 3 is 2.26 bits per heavy atom. The first-order valence-corrected chi connectivity index (χ1v) is 11.1. The maximum atomic E-state index is 13.6. The molecule has 174 valence electrons. The molecular formula is C28H27NO5. The maximum absolute atomic E-state index is 13.6. The molecule has 0 N–H and O–H groups in total. The molecule has 34 heavy (non-hydrogen) atoms. The molecule has 0 unspecified atom stereocenters. The van der Waals surface area contributed by atoms with Gasteiger partial charge in [0.05, 0.1) is 26.2 Å². The molecule has 1 heterocycles. The van der Waals surface area contributed by atoms with E-state index in [1.807, 2.05) is 79.7 Å². The topological polar surface area (TPSA) is 66.8 Å². The molecule has 0 aliphatic rings. The van der Waals surface area contributed by atoms with Crippen LogP contribution in [0.5, 0.6) is 11.5 Å². The lowest BCUT2D eigenvalue weighted by Gasteiger charge is -2.16. The van der Waals surface area contributed by atoms with Gasteiger partial charge in [0.1, 0.15) is 18.1 Å². The fourth-order valence-electron chi connectivity index (χ4n) is 3.95. The number of fused-ring (bicyclic) bond motifs is 1. The van der Waals surface area contributed by atoms with E-state index in [1.54, 1.807) is 18.8 Å². The number of ether oxygens (including phenoxy) is 3. The highest BCUT2D eigenvalue weighted by Gasteiger charge is 2.15. The molecule has 3 aromatic carbocycles. The molecule has 0 fully saturated rings. The third kappa shape index (κ3) is 4.96. The zero-order chi connectivity index (χ0) is 24.1. The summed E-state index contributed by atoms with van der Waals surface area (Å²) in [5.74, 6) is 1.01. The molecule has 0 saturated heterocycles. The molecule has 0 saturated carbocycles. The quantitative estimate of drug-likeness (QED) is 0.343. The number of nitrogens with zero attached hydrogens (tertiary/aromatic N) is 1. The van der Waals surface area contributed by atoms with E-state index >= 15 is 0 Å². The first kappa shape index (κ1) is 23.1. The van der Waals surface area contributed by atoms with Gasteiger partial charge in [0, 0.05) is 23.6 Å². The van der Waals surface area contributed by atoms with E-state index in [4.69, 9.17) is 14.2 Å². The monoisotopic (exact) mass is 457 g/mol. The van der Waals surface area contributed by atoms with Crippen LogP contribution in [0.1, 0.15) is 17.5 Å². The number of hydrogen-bond donors (Lipinski definition) is 0. The summed E-state index contributed by atoms with van der Waals surface area (Å²) in [6.07, 6.45) is 0.0736. The van der Waals surface area contributed by atoms with Crippen molar-refractivity contribution in [1.29, 1.82) is 0 Å². The largest absolute Gasteiger partial charge is 0.497 e. The van der Waals surface area contributed by atoms with Crippen molar-refractivity contribution in [2.75, 3.05) is 14.2 Å².